The molecule has 0 aliphatic heterocycles. The molecule has 1 aromatic rings. The molecule has 0 radical (unpaired) electrons. The standard InChI is InChI=1S/C15H24FN3O/c1-10(2)8-19(9-11(3)4)13-7-5-6-12(16)14(13)15(17)18-20/h5-7,10-11,20H,8-9H2,1-4H3,(H2,17,18). The third-order valence-corrected chi connectivity index (χ3v) is 2.87. The van der Waals surface area contributed by atoms with Crippen LogP contribution in [0, 0.1) is 17.7 Å². The molecule has 0 aliphatic rings. The van der Waals surface area contributed by atoms with Crippen molar-refractivity contribution in [2.75, 3.05) is 18.0 Å². The number of halogens is 1. The summed E-state index contributed by atoms with van der Waals surface area (Å²) in [6, 6.07) is 4.77. The lowest BCUT2D eigenvalue weighted by Gasteiger charge is -2.30. The average molecular weight is 281 g/mol. The summed E-state index contributed by atoms with van der Waals surface area (Å²) >= 11 is 0. The van der Waals surface area contributed by atoms with Crippen molar-refractivity contribution in [3.05, 3.63) is 29.6 Å². The second-order valence-electron chi connectivity index (χ2n) is 5.81. The second-order valence-corrected chi connectivity index (χ2v) is 5.81. The molecule has 0 atom stereocenters. The van der Waals surface area contributed by atoms with Crippen LogP contribution in [0.15, 0.2) is 23.4 Å². The van der Waals surface area contributed by atoms with E-state index >= 15 is 0 Å². The van der Waals surface area contributed by atoms with E-state index in [0.29, 0.717) is 17.5 Å². The van der Waals surface area contributed by atoms with Crippen LogP contribution in [0.2, 0.25) is 0 Å². The Labute approximate surface area is 120 Å². The monoisotopic (exact) mass is 281 g/mol. The highest BCUT2D eigenvalue weighted by Crippen LogP contribution is 2.25. The number of benzene rings is 1. The summed E-state index contributed by atoms with van der Waals surface area (Å²) in [5.41, 5.74) is 6.46. The van der Waals surface area contributed by atoms with Gasteiger partial charge in [0.05, 0.1) is 11.3 Å². The molecule has 1 aromatic carbocycles. The van der Waals surface area contributed by atoms with Gasteiger partial charge in [-0.3, -0.25) is 0 Å². The predicted molar refractivity (Wildman–Crippen MR) is 80.8 cm³/mol. The third kappa shape index (κ3) is 4.11. The normalized spacial score (nSPS) is 12.2. The summed E-state index contributed by atoms with van der Waals surface area (Å²) in [6.45, 7) is 10.00. The molecule has 0 aromatic heterocycles. The van der Waals surface area contributed by atoms with Crippen LogP contribution in [-0.4, -0.2) is 24.1 Å². The minimum atomic E-state index is -0.477. The van der Waals surface area contributed by atoms with E-state index in [1.165, 1.54) is 6.07 Å². The van der Waals surface area contributed by atoms with E-state index in [-0.39, 0.29) is 11.4 Å². The van der Waals surface area contributed by atoms with Crippen LogP contribution in [0.3, 0.4) is 0 Å². The van der Waals surface area contributed by atoms with E-state index in [0.717, 1.165) is 13.1 Å². The predicted octanol–water partition coefficient (Wildman–Crippen LogP) is 3.04. The number of oxime groups is 1. The van der Waals surface area contributed by atoms with Crippen molar-refractivity contribution in [2.45, 2.75) is 27.7 Å². The van der Waals surface area contributed by atoms with Gasteiger partial charge in [-0.2, -0.15) is 0 Å². The Balaban J connectivity index is 3.28. The highest BCUT2D eigenvalue weighted by molar-refractivity contribution is 6.02. The summed E-state index contributed by atoms with van der Waals surface area (Å²) in [7, 11) is 0. The summed E-state index contributed by atoms with van der Waals surface area (Å²) in [5, 5.41) is 11.8. The number of rotatable bonds is 6. The van der Waals surface area contributed by atoms with Crippen molar-refractivity contribution < 1.29 is 9.60 Å². The average Bonchev–Trinajstić information content (AvgIpc) is 2.35. The fraction of sp³-hybridized carbons (Fsp3) is 0.533. The lowest BCUT2D eigenvalue weighted by atomic mass is 10.1. The molecule has 4 nitrogen and oxygen atoms in total. The lowest BCUT2D eigenvalue weighted by Crippen LogP contribution is -2.33. The number of hydrogen-bond donors (Lipinski definition) is 2. The van der Waals surface area contributed by atoms with E-state index in [1.807, 2.05) is 0 Å². The Morgan fingerprint density at radius 3 is 2.25 bits per heavy atom. The SMILES string of the molecule is CC(C)CN(CC(C)C)c1cccc(F)c1C(N)=NO. The fourth-order valence-corrected chi connectivity index (χ4v) is 2.23. The van der Waals surface area contributed by atoms with E-state index in [9.17, 15) is 4.39 Å². The van der Waals surface area contributed by atoms with E-state index < -0.39 is 5.82 Å². The molecule has 0 amide bonds. The van der Waals surface area contributed by atoms with Gasteiger partial charge in [0.25, 0.3) is 0 Å². The highest BCUT2D eigenvalue weighted by Gasteiger charge is 2.19. The molecular formula is C15H24FN3O. The van der Waals surface area contributed by atoms with Gasteiger partial charge >= 0.3 is 0 Å². The molecule has 0 spiro atoms. The highest BCUT2D eigenvalue weighted by atomic mass is 19.1. The van der Waals surface area contributed by atoms with Gasteiger partial charge in [0.15, 0.2) is 5.84 Å². The van der Waals surface area contributed by atoms with Crippen LogP contribution in [0.4, 0.5) is 10.1 Å². The quantitative estimate of drug-likeness (QED) is 0.364. The van der Waals surface area contributed by atoms with Crippen molar-refractivity contribution in [1.29, 1.82) is 0 Å². The molecule has 0 saturated carbocycles. The topological polar surface area (TPSA) is 61.8 Å². The molecule has 0 unspecified atom stereocenters. The molecule has 1 rings (SSSR count). The smallest absolute Gasteiger partial charge is 0.175 e. The number of nitrogens with zero attached hydrogens (tertiary/aromatic N) is 2. The molecule has 3 N–H and O–H groups in total. The minimum Gasteiger partial charge on any atom is -0.409 e. The van der Waals surface area contributed by atoms with Gasteiger partial charge in [0, 0.05) is 13.1 Å². The zero-order valence-electron chi connectivity index (χ0n) is 12.6. The van der Waals surface area contributed by atoms with Crippen LogP contribution < -0.4 is 10.6 Å². The maximum atomic E-state index is 14.0. The van der Waals surface area contributed by atoms with Gasteiger partial charge in [0.2, 0.25) is 0 Å². The second kappa shape index (κ2) is 7.12. The van der Waals surface area contributed by atoms with E-state index in [2.05, 4.69) is 37.8 Å². The number of hydrogen-bond acceptors (Lipinski definition) is 3. The molecular weight excluding hydrogens is 257 g/mol. The van der Waals surface area contributed by atoms with Crippen LogP contribution in [0.5, 0.6) is 0 Å². The Bertz CT molecular complexity index is 462. The molecule has 20 heavy (non-hydrogen) atoms. The van der Waals surface area contributed by atoms with Crippen molar-refractivity contribution in [1.82, 2.24) is 0 Å². The van der Waals surface area contributed by atoms with Crippen molar-refractivity contribution in [2.24, 2.45) is 22.7 Å². The summed E-state index contributed by atoms with van der Waals surface area (Å²) in [4.78, 5) is 2.09. The van der Waals surface area contributed by atoms with Crippen molar-refractivity contribution in [3.8, 4) is 0 Å². The van der Waals surface area contributed by atoms with Gasteiger partial charge < -0.3 is 15.8 Å². The van der Waals surface area contributed by atoms with Gasteiger partial charge in [-0.05, 0) is 24.0 Å². The van der Waals surface area contributed by atoms with E-state index in [1.54, 1.807) is 12.1 Å². The minimum absolute atomic E-state index is 0.163. The third-order valence-electron chi connectivity index (χ3n) is 2.87. The number of anilines is 1. The molecule has 5 heteroatoms. The first kappa shape index (κ1) is 16.3. The largest absolute Gasteiger partial charge is 0.409 e. The molecule has 0 bridgehead atoms. The molecule has 0 fully saturated rings. The first-order valence-corrected chi connectivity index (χ1v) is 6.88. The summed E-state index contributed by atoms with van der Waals surface area (Å²) < 4.78 is 14.0. The Kier molecular flexibility index (Phi) is 5.80. The van der Waals surface area contributed by atoms with Crippen molar-refractivity contribution >= 4 is 11.5 Å². The van der Waals surface area contributed by atoms with Crippen LogP contribution in [-0.2, 0) is 0 Å². The first-order valence-electron chi connectivity index (χ1n) is 6.88. The molecule has 0 aliphatic carbocycles. The zero-order valence-corrected chi connectivity index (χ0v) is 12.6. The van der Waals surface area contributed by atoms with Crippen LogP contribution in [0.25, 0.3) is 0 Å². The maximum Gasteiger partial charge on any atom is 0.175 e. The Morgan fingerprint density at radius 2 is 1.80 bits per heavy atom. The van der Waals surface area contributed by atoms with Gasteiger partial charge in [0.1, 0.15) is 5.82 Å². The van der Waals surface area contributed by atoms with Gasteiger partial charge in [-0.15, -0.1) is 0 Å². The van der Waals surface area contributed by atoms with Gasteiger partial charge in [-0.1, -0.05) is 38.9 Å². The lowest BCUT2D eigenvalue weighted by molar-refractivity contribution is 0.318. The summed E-state index contributed by atoms with van der Waals surface area (Å²) in [6.07, 6.45) is 0. The molecule has 0 heterocycles. The van der Waals surface area contributed by atoms with Crippen LogP contribution >= 0.6 is 0 Å². The molecule has 112 valence electrons. The van der Waals surface area contributed by atoms with E-state index in [4.69, 9.17) is 10.9 Å². The molecule has 0 saturated heterocycles. The number of nitrogens with two attached hydrogens (primary N) is 1. The van der Waals surface area contributed by atoms with Gasteiger partial charge in [-0.25, -0.2) is 4.39 Å². The summed E-state index contributed by atoms with van der Waals surface area (Å²) in [5.74, 6) is 0.181. The van der Waals surface area contributed by atoms with Crippen LogP contribution in [0.1, 0.15) is 33.3 Å². The zero-order chi connectivity index (χ0) is 15.3. The number of amidine groups is 1. The maximum absolute atomic E-state index is 14.0. The fourth-order valence-electron chi connectivity index (χ4n) is 2.23. The first-order chi connectivity index (χ1) is 9.36. The Morgan fingerprint density at radius 1 is 1.25 bits per heavy atom. The Hall–Kier alpha value is -1.78. The van der Waals surface area contributed by atoms with Crippen molar-refractivity contribution in [3.63, 3.8) is 0 Å².